The standard InChI is InChI=1S/C21H29N3O2S/c1-4-12-25-13-6-5-7-18-14-19-20(22-15-23-21(19)27-18)26-17-10-8-16(9-11-17)24(2)3/h1,14-17H,5-13H2,2-3H3. The Morgan fingerprint density at radius 2 is 2.04 bits per heavy atom. The fourth-order valence-corrected chi connectivity index (χ4v) is 4.60. The number of aryl methyl sites for hydroxylation is 1. The first kappa shape index (κ1) is 20.1. The largest absolute Gasteiger partial charge is 0.474 e. The number of terminal acetylenes is 1. The molecule has 0 spiro atoms. The Morgan fingerprint density at radius 1 is 1.22 bits per heavy atom. The van der Waals surface area contributed by atoms with Gasteiger partial charge in [-0.3, -0.25) is 0 Å². The van der Waals surface area contributed by atoms with Gasteiger partial charge in [0.15, 0.2) is 0 Å². The van der Waals surface area contributed by atoms with E-state index in [4.69, 9.17) is 15.9 Å². The van der Waals surface area contributed by atoms with Gasteiger partial charge >= 0.3 is 0 Å². The van der Waals surface area contributed by atoms with E-state index in [0.717, 1.165) is 54.8 Å². The molecule has 3 rings (SSSR count). The zero-order valence-electron chi connectivity index (χ0n) is 16.3. The van der Waals surface area contributed by atoms with Crippen molar-refractivity contribution in [3.63, 3.8) is 0 Å². The predicted molar refractivity (Wildman–Crippen MR) is 110 cm³/mol. The van der Waals surface area contributed by atoms with E-state index in [0.29, 0.717) is 12.6 Å². The second kappa shape index (κ2) is 10.0. The van der Waals surface area contributed by atoms with Gasteiger partial charge in [0.2, 0.25) is 5.88 Å². The lowest BCUT2D eigenvalue weighted by molar-refractivity contribution is 0.108. The summed E-state index contributed by atoms with van der Waals surface area (Å²) in [5.41, 5.74) is 0. The summed E-state index contributed by atoms with van der Waals surface area (Å²) in [4.78, 5) is 13.5. The van der Waals surface area contributed by atoms with Crippen LogP contribution >= 0.6 is 11.3 Å². The Morgan fingerprint density at radius 3 is 2.78 bits per heavy atom. The van der Waals surface area contributed by atoms with Crippen molar-refractivity contribution in [3.05, 3.63) is 17.3 Å². The molecule has 0 aromatic carbocycles. The van der Waals surface area contributed by atoms with Crippen LogP contribution in [0.5, 0.6) is 5.88 Å². The molecule has 6 heteroatoms. The molecule has 27 heavy (non-hydrogen) atoms. The third-order valence-corrected chi connectivity index (χ3v) is 6.25. The first-order valence-corrected chi connectivity index (χ1v) is 10.6. The third-order valence-electron chi connectivity index (χ3n) is 5.14. The highest BCUT2D eigenvalue weighted by molar-refractivity contribution is 7.18. The lowest BCUT2D eigenvalue weighted by Crippen LogP contribution is -2.35. The molecular formula is C21H29N3O2S. The Hall–Kier alpha value is -1.68. The van der Waals surface area contributed by atoms with Crippen LogP contribution in [0.4, 0.5) is 0 Å². The van der Waals surface area contributed by atoms with Gasteiger partial charge in [-0.1, -0.05) is 5.92 Å². The van der Waals surface area contributed by atoms with Gasteiger partial charge in [0.05, 0.1) is 5.39 Å². The Bertz CT molecular complexity index is 760. The van der Waals surface area contributed by atoms with Gasteiger partial charge in [0.25, 0.3) is 0 Å². The molecule has 2 aromatic rings. The number of aromatic nitrogens is 2. The lowest BCUT2D eigenvalue weighted by Gasteiger charge is -2.32. The van der Waals surface area contributed by atoms with Gasteiger partial charge in [-0.2, -0.15) is 0 Å². The molecule has 0 bridgehead atoms. The molecule has 0 N–H and O–H groups in total. The molecule has 0 radical (unpaired) electrons. The summed E-state index contributed by atoms with van der Waals surface area (Å²) in [7, 11) is 4.32. The van der Waals surface area contributed by atoms with Crippen molar-refractivity contribution in [2.75, 3.05) is 27.3 Å². The lowest BCUT2D eigenvalue weighted by atomic mass is 9.92. The van der Waals surface area contributed by atoms with E-state index < -0.39 is 0 Å². The molecule has 1 aliphatic rings. The molecule has 0 saturated heterocycles. The minimum atomic E-state index is 0.260. The summed E-state index contributed by atoms with van der Waals surface area (Å²) < 4.78 is 11.6. The molecule has 1 fully saturated rings. The number of rotatable bonds is 9. The highest BCUT2D eigenvalue weighted by atomic mass is 32.1. The predicted octanol–water partition coefficient (Wildman–Crippen LogP) is 3.92. The third kappa shape index (κ3) is 5.65. The summed E-state index contributed by atoms with van der Waals surface area (Å²) in [6.07, 6.45) is 14.7. The minimum Gasteiger partial charge on any atom is -0.474 e. The van der Waals surface area contributed by atoms with Gasteiger partial charge in [-0.05, 0) is 65.1 Å². The summed E-state index contributed by atoms with van der Waals surface area (Å²) >= 11 is 1.74. The smallest absolute Gasteiger partial charge is 0.225 e. The summed E-state index contributed by atoms with van der Waals surface area (Å²) in [5, 5.41) is 1.05. The first-order valence-electron chi connectivity index (χ1n) is 9.75. The summed E-state index contributed by atoms with van der Waals surface area (Å²) in [5.74, 6) is 3.23. The fraction of sp³-hybridized carbons (Fsp3) is 0.619. The molecule has 0 atom stereocenters. The molecule has 5 nitrogen and oxygen atoms in total. The molecule has 2 heterocycles. The molecule has 146 valence electrons. The number of ether oxygens (including phenoxy) is 2. The van der Waals surface area contributed by atoms with E-state index in [1.54, 1.807) is 17.7 Å². The van der Waals surface area contributed by atoms with Crippen LogP contribution in [-0.4, -0.2) is 54.3 Å². The van der Waals surface area contributed by atoms with Crippen LogP contribution in [0, 0.1) is 12.3 Å². The number of hydrogen-bond acceptors (Lipinski definition) is 6. The monoisotopic (exact) mass is 387 g/mol. The van der Waals surface area contributed by atoms with E-state index in [9.17, 15) is 0 Å². The van der Waals surface area contributed by atoms with Crippen molar-refractivity contribution >= 4 is 21.6 Å². The zero-order valence-corrected chi connectivity index (χ0v) is 17.1. The van der Waals surface area contributed by atoms with Crippen molar-refractivity contribution in [2.24, 2.45) is 0 Å². The van der Waals surface area contributed by atoms with E-state index in [1.165, 1.54) is 17.7 Å². The maximum Gasteiger partial charge on any atom is 0.225 e. The van der Waals surface area contributed by atoms with Crippen molar-refractivity contribution in [1.82, 2.24) is 14.9 Å². The maximum atomic E-state index is 6.28. The average Bonchev–Trinajstić information content (AvgIpc) is 3.09. The second-order valence-corrected chi connectivity index (χ2v) is 8.45. The molecule has 1 aliphatic carbocycles. The van der Waals surface area contributed by atoms with Crippen LogP contribution < -0.4 is 4.74 Å². The quantitative estimate of drug-likeness (QED) is 0.482. The number of fused-ring (bicyclic) bond motifs is 1. The molecule has 2 aromatic heterocycles. The SMILES string of the molecule is C#CCOCCCCc1cc2c(OC3CCC(N(C)C)CC3)ncnc2s1. The Balaban J connectivity index is 1.55. The zero-order chi connectivity index (χ0) is 19.1. The molecular weight excluding hydrogens is 358 g/mol. The number of nitrogens with zero attached hydrogens (tertiary/aromatic N) is 3. The molecule has 0 unspecified atom stereocenters. The minimum absolute atomic E-state index is 0.260. The van der Waals surface area contributed by atoms with E-state index in [1.807, 2.05) is 0 Å². The highest BCUT2D eigenvalue weighted by Crippen LogP contribution is 2.33. The van der Waals surface area contributed by atoms with Gasteiger partial charge < -0.3 is 14.4 Å². The van der Waals surface area contributed by atoms with Gasteiger partial charge in [0.1, 0.15) is 23.9 Å². The van der Waals surface area contributed by atoms with Gasteiger partial charge in [0, 0.05) is 17.5 Å². The summed E-state index contributed by atoms with van der Waals surface area (Å²) in [6, 6.07) is 2.87. The molecule has 1 saturated carbocycles. The summed E-state index contributed by atoms with van der Waals surface area (Å²) in [6.45, 7) is 1.12. The topological polar surface area (TPSA) is 47.5 Å². The molecule has 0 amide bonds. The fourth-order valence-electron chi connectivity index (χ4n) is 3.57. The Labute approximate surface area is 166 Å². The Kier molecular flexibility index (Phi) is 7.45. The van der Waals surface area contributed by atoms with Crippen LogP contribution in [0.2, 0.25) is 0 Å². The van der Waals surface area contributed by atoms with Crippen molar-refractivity contribution < 1.29 is 9.47 Å². The van der Waals surface area contributed by atoms with Crippen molar-refractivity contribution in [1.29, 1.82) is 0 Å². The average molecular weight is 388 g/mol. The van der Waals surface area contributed by atoms with Crippen LogP contribution in [0.15, 0.2) is 12.4 Å². The maximum absolute atomic E-state index is 6.28. The van der Waals surface area contributed by atoms with Crippen LogP contribution in [-0.2, 0) is 11.2 Å². The van der Waals surface area contributed by atoms with Crippen LogP contribution in [0.25, 0.3) is 10.2 Å². The number of thiophene rings is 1. The van der Waals surface area contributed by atoms with Crippen molar-refractivity contribution in [3.8, 4) is 18.2 Å². The number of unbranched alkanes of at least 4 members (excludes halogenated alkanes) is 1. The first-order chi connectivity index (χ1) is 13.2. The molecule has 0 aliphatic heterocycles. The second-order valence-electron chi connectivity index (χ2n) is 7.34. The van der Waals surface area contributed by atoms with Crippen LogP contribution in [0.3, 0.4) is 0 Å². The number of hydrogen-bond donors (Lipinski definition) is 0. The normalized spacial score (nSPS) is 20.1. The van der Waals surface area contributed by atoms with Crippen molar-refractivity contribution in [2.45, 2.75) is 57.1 Å². The highest BCUT2D eigenvalue weighted by Gasteiger charge is 2.24. The van der Waals surface area contributed by atoms with E-state index >= 15 is 0 Å². The van der Waals surface area contributed by atoms with E-state index in [2.05, 4.69) is 41.0 Å². The van der Waals surface area contributed by atoms with Gasteiger partial charge in [-0.25, -0.2) is 9.97 Å². The van der Waals surface area contributed by atoms with Crippen LogP contribution in [0.1, 0.15) is 43.4 Å². The van der Waals surface area contributed by atoms with Gasteiger partial charge in [-0.15, -0.1) is 17.8 Å². The van der Waals surface area contributed by atoms with E-state index in [-0.39, 0.29) is 6.10 Å².